The molecule has 1 aliphatic rings. The van der Waals surface area contributed by atoms with Crippen LogP contribution in [0.5, 0.6) is 5.75 Å². The molecule has 0 bridgehead atoms. The zero-order chi connectivity index (χ0) is 18.7. The predicted octanol–water partition coefficient (Wildman–Crippen LogP) is 2.81. The zero-order valence-corrected chi connectivity index (χ0v) is 14.8. The van der Waals surface area contributed by atoms with Crippen LogP contribution in [0.15, 0.2) is 42.5 Å². The average molecular weight is 356 g/mol. The van der Waals surface area contributed by atoms with Gasteiger partial charge in [0, 0.05) is 25.1 Å². The third-order valence-corrected chi connectivity index (χ3v) is 4.53. The highest BCUT2D eigenvalue weighted by molar-refractivity contribution is 6.01. The van der Waals surface area contributed by atoms with Gasteiger partial charge in [0.1, 0.15) is 11.6 Å². The number of nitrogens with zero attached hydrogens (tertiary/aromatic N) is 1. The Morgan fingerprint density at radius 2 is 2.08 bits per heavy atom. The third kappa shape index (κ3) is 3.69. The van der Waals surface area contributed by atoms with Crippen molar-refractivity contribution in [3.05, 3.63) is 59.4 Å². The van der Waals surface area contributed by atoms with E-state index in [1.54, 1.807) is 30.2 Å². The fourth-order valence-corrected chi connectivity index (χ4v) is 3.10. The van der Waals surface area contributed by atoms with Crippen molar-refractivity contribution < 1.29 is 18.7 Å². The summed E-state index contributed by atoms with van der Waals surface area (Å²) in [6, 6.07) is 11.9. The molecule has 1 saturated heterocycles. The maximum absolute atomic E-state index is 13.7. The van der Waals surface area contributed by atoms with Crippen molar-refractivity contribution in [3.63, 3.8) is 0 Å². The van der Waals surface area contributed by atoms with Crippen LogP contribution >= 0.6 is 0 Å². The van der Waals surface area contributed by atoms with E-state index in [-0.39, 0.29) is 37.1 Å². The molecule has 3 rings (SSSR count). The lowest BCUT2D eigenvalue weighted by atomic mass is 10.1. The van der Waals surface area contributed by atoms with Crippen LogP contribution in [0.4, 0.5) is 10.1 Å². The first-order valence-corrected chi connectivity index (χ1v) is 8.45. The standard InChI is InChI=1S/C20H21FN2O3/c1-13-7-8-18(26-2)17(9-13)23-12-15(10-19(23)24)20(25)22-11-14-5-3-4-6-16(14)21/h3-9,15H,10-12H2,1-2H3,(H,22,25)/t15-/m1/s1. The summed E-state index contributed by atoms with van der Waals surface area (Å²) in [5.74, 6) is -0.618. The minimum absolute atomic E-state index is 0.101. The van der Waals surface area contributed by atoms with Crippen LogP contribution in [0.2, 0.25) is 0 Å². The number of nitrogens with one attached hydrogen (secondary N) is 1. The van der Waals surface area contributed by atoms with E-state index in [0.717, 1.165) is 5.56 Å². The van der Waals surface area contributed by atoms with E-state index in [1.807, 2.05) is 25.1 Å². The van der Waals surface area contributed by atoms with Gasteiger partial charge in [-0.15, -0.1) is 0 Å². The van der Waals surface area contributed by atoms with Gasteiger partial charge in [-0.25, -0.2) is 4.39 Å². The Labute approximate surface area is 151 Å². The van der Waals surface area contributed by atoms with Crippen molar-refractivity contribution in [2.24, 2.45) is 5.92 Å². The van der Waals surface area contributed by atoms with Crippen LogP contribution in [0.3, 0.4) is 0 Å². The summed E-state index contributed by atoms with van der Waals surface area (Å²) < 4.78 is 19.0. The van der Waals surface area contributed by atoms with Gasteiger partial charge in [0.05, 0.1) is 18.7 Å². The predicted molar refractivity (Wildman–Crippen MR) is 96.4 cm³/mol. The second-order valence-electron chi connectivity index (χ2n) is 6.39. The summed E-state index contributed by atoms with van der Waals surface area (Å²) in [5, 5.41) is 2.73. The van der Waals surface area contributed by atoms with E-state index in [4.69, 9.17) is 4.74 Å². The Morgan fingerprint density at radius 3 is 2.81 bits per heavy atom. The van der Waals surface area contributed by atoms with Crippen molar-refractivity contribution in [1.82, 2.24) is 5.32 Å². The second-order valence-corrected chi connectivity index (χ2v) is 6.39. The van der Waals surface area contributed by atoms with Gasteiger partial charge in [-0.2, -0.15) is 0 Å². The van der Waals surface area contributed by atoms with Gasteiger partial charge in [0.2, 0.25) is 11.8 Å². The normalized spacial score (nSPS) is 16.7. The van der Waals surface area contributed by atoms with Gasteiger partial charge in [-0.1, -0.05) is 24.3 Å². The maximum atomic E-state index is 13.7. The van der Waals surface area contributed by atoms with Gasteiger partial charge in [0.25, 0.3) is 0 Å². The van der Waals surface area contributed by atoms with Crippen LogP contribution in [0.1, 0.15) is 17.5 Å². The smallest absolute Gasteiger partial charge is 0.227 e. The SMILES string of the molecule is COc1ccc(C)cc1N1C[C@H](C(=O)NCc2ccccc2F)CC1=O. The third-order valence-electron chi connectivity index (χ3n) is 4.53. The molecular formula is C20H21FN2O3. The summed E-state index contributed by atoms with van der Waals surface area (Å²) in [4.78, 5) is 26.4. The number of anilines is 1. The molecule has 5 nitrogen and oxygen atoms in total. The molecule has 0 aromatic heterocycles. The molecule has 2 amide bonds. The highest BCUT2D eigenvalue weighted by atomic mass is 19.1. The summed E-state index contributed by atoms with van der Waals surface area (Å²) in [5.41, 5.74) is 2.09. The minimum atomic E-state index is -0.473. The van der Waals surface area contributed by atoms with Crippen molar-refractivity contribution >= 4 is 17.5 Å². The van der Waals surface area contributed by atoms with Crippen molar-refractivity contribution in [2.75, 3.05) is 18.6 Å². The Balaban J connectivity index is 1.69. The Kier molecular flexibility index (Phi) is 5.21. The van der Waals surface area contributed by atoms with Crippen molar-refractivity contribution in [2.45, 2.75) is 19.9 Å². The molecule has 26 heavy (non-hydrogen) atoms. The summed E-state index contributed by atoms with van der Waals surface area (Å²) in [7, 11) is 1.55. The van der Waals surface area contributed by atoms with Crippen LogP contribution in [-0.2, 0) is 16.1 Å². The van der Waals surface area contributed by atoms with Gasteiger partial charge < -0.3 is 15.0 Å². The Hall–Kier alpha value is -2.89. The van der Waals surface area contributed by atoms with Gasteiger partial charge in [-0.3, -0.25) is 9.59 Å². The number of aryl methyl sites for hydroxylation is 1. The number of halogens is 1. The second kappa shape index (κ2) is 7.56. The zero-order valence-electron chi connectivity index (χ0n) is 14.8. The number of rotatable bonds is 5. The molecule has 0 spiro atoms. The van der Waals surface area contributed by atoms with Crippen LogP contribution < -0.4 is 15.0 Å². The van der Waals surface area contributed by atoms with Gasteiger partial charge in [0.15, 0.2) is 0 Å². The molecule has 0 aliphatic carbocycles. The summed E-state index contributed by atoms with van der Waals surface area (Å²) >= 11 is 0. The average Bonchev–Trinajstić information content (AvgIpc) is 3.02. The first-order chi connectivity index (χ1) is 12.5. The number of hydrogen-bond donors (Lipinski definition) is 1. The molecule has 6 heteroatoms. The molecule has 1 fully saturated rings. The number of methoxy groups -OCH3 is 1. The molecule has 1 heterocycles. The van der Waals surface area contributed by atoms with E-state index in [1.165, 1.54) is 6.07 Å². The van der Waals surface area contributed by atoms with Crippen molar-refractivity contribution in [3.8, 4) is 5.75 Å². The highest BCUT2D eigenvalue weighted by Gasteiger charge is 2.36. The topological polar surface area (TPSA) is 58.6 Å². The Bertz CT molecular complexity index is 838. The largest absolute Gasteiger partial charge is 0.495 e. The van der Waals surface area contributed by atoms with E-state index >= 15 is 0 Å². The van der Waals surface area contributed by atoms with Crippen LogP contribution in [0.25, 0.3) is 0 Å². The fraction of sp³-hybridized carbons (Fsp3) is 0.300. The Morgan fingerprint density at radius 1 is 1.31 bits per heavy atom. The lowest BCUT2D eigenvalue weighted by Gasteiger charge is -2.20. The number of ether oxygens (including phenoxy) is 1. The number of benzene rings is 2. The lowest BCUT2D eigenvalue weighted by Crippen LogP contribution is -2.33. The first kappa shape index (κ1) is 17.9. The van der Waals surface area contributed by atoms with Crippen LogP contribution in [-0.4, -0.2) is 25.5 Å². The number of carbonyl (C=O) groups is 2. The molecule has 0 radical (unpaired) electrons. The molecule has 0 unspecified atom stereocenters. The molecule has 1 aliphatic heterocycles. The number of carbonyl (C=O) groups excluding carboxylic acids is 2. The van der Waals surface area contributed by atoms with Crippen LogP contribution in [0, 0.1) is 18.7 Å². The molecule has 1 N–H and O–H groups in total. The molecule has 2 aromatic rings. The quantitative estimate of drug-likeness (QED) is 0.896. The molecular weight excluding hydrogens is 335 g/mol. The van der Waals surface area contributed by atoms with E-state index < -0.39 is 5.92 Å². The fourth-order valence-electron chi connectivity index (χ4n) is 3.10. The number of hydrogen-bond acceptors (Lipinski definition) is 3. The highest BCUT2D eigenvalue weighted by Crippen LogP contribution is 2.33. The van der Waals surface area contributed by atoms with Gasteiger partial charge in [-0.05, 0) is 30.7 Å². The van der Waals surface area contributed by atoms with E-state index in [2.05, 4.69) is 5.32 Å². The van der Waals surface area contributed by atoms with Gasteiger partial charge >= 0.3 is 0 Å². The molecule has 136 valence electrons. The summed E-state index contributed by atoms with van der Waals surface area (Å²) in [6.45, 7) is 2.31. The minimum Gasteiger partial charge on any atom is -0.495 e. The lowest BCUT2D eigenvalue weighted by molar-refractivity contribution is -0.126. The summed E-state index contributed by atoms with van der Waals surface area (Å²) in [6.07, 6.45) is 0.125. The van der Waals surface area contributed by atoms with E-state index in [0.29, 0.717) is 17.0 Å². The maximum Gasteiger partial charge on any atom is 0.227 e. The van der Waals surface area contributed by atoms with E-state index in [9.17, 15) is 14.0 Å². The molecule has 1 atom stereocenters. The first-order valence-electron chi connectivity index (χ1n) is 8.45. The number of amides is 2. The molecule has 2 aromatic carbocycles. The van der Waals surface area contributed by atoms with Crippen molar-refractivity contribution in [1.29, 1.82) is 0 Å². The molecule has 0 saturated carbocycles. The monoisotopic (exact) mass is 356 g/mol.